The van der Waals surface area contributed by atoms with Gasteiger partial charge in [0.15, 0.2) is 0 Å². The number of carbonyl (C=O) groups is 1. The largest absolute Gasteiger partial charge is 0.496 e. The molecular formula is C18H14F3N3O3. The number of hydrogen-bond donors (Lipinski definition) is 1. The van der Waals surface area contributed by atoms with Crippen LogP contribution in [0.15, 0.2) is 46.9 Å². The second kappa shape index (κ2) is 7.10. The minimum absolute atomic E-state index is 0.103. The summed E-state index contributed by atoms with van der Waals surface area (Å²) in [4.78, 5) is 12.2. The first-order valence-corrected chi connectivity index (χ1v) is 7.75. The molecule has 0 fully saturated rings. The average Bonchev–Trinajstić information content (AvgIpc) is 3.09. The summed E-state index contributed by atoms with van der Waals surface area (Å²) in [6.45, 7) is 1.89. The first-order valence-electron chi connectivity index (χ1n) is 7.75. The van der Waals surface area contributed by atoms with Crippen LogP contribution in [0.1, 0.15) is 21.5 Å². The molecule has 0 saturated carbocycles. The van der Waals surface area contributed by atoms with Gasteiger partial charge >= 0.3 is 12.2 Å². The molecule has 1 amide bonds. The topological polar surface area (TPSA) is 77.3 Å². The SMILES string of the molecule is COc1cc(C)ccc1-c1nnc(NC(=O)c2cccc(C(F)(F)F)c2)o1. The molecule has 1 aromatic heterocycles. The van der Waals surface area contributed by atoms with Crippen LogP contribution >= 0.6 is 0 Å². The minimum Gasteiger partial charge on any atom is -0.496 e. The van der Waals surface area contributed by atoms with E-state index in [1.54, 1.807) is 12.1 Å². The molecule has 2 aromatic carbocycles. The van der Waals surface area contributed by atoms with Gasteiger partial charge in [-0.2, -0.15) is 13.2 Å². The molecule has 0 atom stereocenters. The summed E-state index contributed by atoms with van der Waals surface area (Å²) >= 11 is 0. The molecule has 0 aliphatic heterocycles. The number of anilines is 1. The Balaban J connectivity index is 1.81. The quantitative estimate of drug-likeness (QED) is 0.733. The fourth-order valence-corrected chi connectivity index (χ4v) is 2.36. The van der Waals surface area contributed by atoms with Crippen LogP contribution in [-0.2, 0) is 6.18 Å². The van der Waals surface area contributed by atoms with E-state index in [-0.39, 0.29) is 17.5 Å². The lowest BCUT2D eigenvalue weighted by Crippen LogP contribution is -2.14. The molecular weight excluding hydrogens is 363 g/mol. The van der Waals surface area contributed by atoms with Gasteiger partial charge in [0, 0.05) is 5.56 Å². The van der Waals surface area contributed by atoms with Gasteiger partial charge in [-0.3, -0.25) is 10.1 Å². The number of amides is 1. The molecule has 6 nitrogen and oxygen atoms in total. The van der Waals surface area contributed by atoms with Crippen LogP contribution in [-0.4, -0.2) is 23.2 Å². The van der Waals surface area contributed by atoms with Gasteiger partial charge in [-0.15, -0.1) is 5.10 Å². The number of nitrogens with one attached hydrogen (secondary N) is 1. The van der Waals surface area contributed by atoms with Gasteiger partial charge in [0.05, 0.1) is 18.2 Å². The second-order valence-corrected chi connectivity index (χ2v) is 5.65. The number of ether oxygens (including phenoxy) is 1. The highest BCUT2D eigenvalue weighted by molar-refractivity contribution is 6.03. The van der Waals surface area contributed by atoms with Crippen molar-refractivity contribution in [1.29, 1.82) is 0 Å². The zero-order valence-corrected chi connectivity index (χ0v) is 14.3. The summed E-state index contributed by atoms with van der Waals surface area (Å²) in [6, 6.07) is 9.11. The zero-order chi connectivity index (χ0) is 19.6. The number of nitrogens with zero attached hydrogens (tertiary/aromatic N) is 2. The highest BCUT2D eigenvalue weighted by atomic mass is 19.4. The lowest BCUT2D eigenvalue weighted by molar-refractivity contribution is -0.137. The molecule has 0 radical (unpaired) electrons. The van der Waals surface area contributed by atoms with Crippen LogP contribution in [0.4, 0.5) is 19.2 Å². The fraction of sp³-hybridized carbons (Fsp3) is 0.167. The van der Waals surface area contributed by atoms with Gasteiger partial charge in [0.2, 0.25) is 0 Å². The summed E-state index contributed by atoms with van der Waals surface area (Å²) in [5.74, 6) is -0.187. The highest BCUT2D eigenvalue weighted by Crippen LogP contribution is 2.31. The normalized spacial score (nSPS) is 11.3. The number of hydrogen-bond acceptors (Lipinski definition) is 5. The molecule has 1 heterocycles. The number of alkyl halides is 3. The fourth-order valence-electron chi connectivity index (χ4n) is 2.36. The van der Waals surface area contributed by atoms with Crippen molar-refractivity contribution in [1.82, 2.24) is 10.2 Å². The Morgan fingerprint density at radius 3 is 2.63 bits per heavy atom. The molecule has 0 bridgehead atoms. The number of halogens is 3. The Bertz CT molecular complexity index is 983. The van der Waals surface area contributed by atoms with Crippen LogP contribution in [0.5, 0.6) is 5.75 Å². The van der Waals surface area contributed by atoms with E-state index in [4.69, 9.17) is 9.15 Å². The Labute approximate surface area is 152 Å². The Morgan fingerprint density at radius 1 is 1.15 bits per heavy atom. The van der Waals surface area contributed by atoms with Crippen molar-refractivity contribution in [3.05, 3.63) is 59.2 Å². The molecule has 0 aliphatic carbocycles. The third kappa shape index (κ3) is 4.08. The summed E-state index contributed by atoms with van der Waals surface area (Å²) in [6.07, 6.45) is -4.55. The molecule has 140 valence electrons. The van der Waals surface area contributed by atoms with E-state index in [0.717, 1.165) is 23.8 Å². The van der Waals surface area contributed by atoms with Crippen molar-refractivity contribution >= 4 is 11.9 Å². The minimum atomic E-state index is -4.55. The summed E-state index contributed by atoms with van der Waals surface area (Å²) in [5, 5.41) is 9.83. The van der Waals surface area contributed by atoms with Crippen molar-refractivity contribution in [2.45, 2.75) is 13.1 Å². The van der Waals surface area contributed by atoms with Crippen molar-refractivity contribution in [3.8, 4) is 17.2 Å². The Kier molecular flexibility index (Phi) is 4.85. The molecule has 3 aromatic rings. The van der Waals surface area contributed by atoms with E-state index in [0.29, 0.717) is 11.3 Å². The van der Waals surface area contributed by atoms with Gasteiger partial charge in [-0.05, 0) is 42.8 Å². The number of carbonyl (C=O) groups excluding carboxylic acids is 1. The molecule has 0 aliphatic rings. The summed E-state index contributed by atoms with van der Waals surface area (Å²) in [5.41, 5.74) is 0.381. The molecule has 0 unspecified atom stereocenters. The van der Waals surface area contributed by atoms with Gasteiger partial charge in [-0.25, -0.2) is 0 Å². The number of aromatic nitrogens is 2. The van der Waals surface area contributed by atoms with Crippen molar-refractivity contribution in [2.75, 3.05) is 12.4 Å². The van der Waals surface area contributed by atoms with Crippen LogP contribution in [0, 0.1) is 6.92 Å². The molecule has 0 spiro atoms. The van der Waals surface area contributed by atoms with Crippen molar-refractivity contribution in [2.24, 2.45) is 0 Å². The van der Waals surface area contributed by atoms with Crippen LogP contribution < -0.4 is 10.1 Å². The lowest BCUT2D eigenvalue weighted by atomic mass is 10.1. The number of methoxy groups -OCH3 is 1. The Morgan fingerprint density at radius 2 is 1.93 bits per heavy atom. The Hall–Kier alpha value is -3.36. The lowest BCUT2D eigenvalue weighted by Gasteiger charge is -2.08. The average molecular weight is 377 g/mol. The number of benzene rings is 2. The highest BCUT2D eigenvalue weighted by Gasteiger charge is 2.31. The van der Waals surface area contributed by atoms with Gasteiger partial charge < -0.3 is 9.15 Å². The molecule has 1 N–H and O–H groups in total. The third-order valence-electron chi connectivity index (χ3n) is 3.68. The number of rotatable bonds is 4. The third-order valence-corrected chi connectivity index (χ3v) is 3.68. The van der Waals surface area contributed by atoms with Gasteiger partial charge in [0.1, 0.15) is 5.75 Å². The molecule has 27 heavy (non-hydrogen) atoms. The van der Waals surface area contributed by atoms with Crippen LogP contribution in [0.2, 0.25) is 0 Å². The predicted octanol–water partition coefficient (Wildman–Crippen LogP) is 4.32. The standard InChI is InChI=1S/C18H14F3N3O3/c1-10-6-7-13(14(8-10)26-2)16-23-24-17(27-16)22-15(25)11-4-3-5-12(9-11)18(19,20)21/h3-9H,1-2H3,(H,22,24,25). The maximum absolute atomic E-state index is 12.8. The zero-order valence-electron chi connectivity index (χ0n) is 14.3. The maximum Gasteiger partial charge on any atom is 0.416 e. The first kappa shape index (κ1) is 18.4. The van der Waals surface area contributed by atoms with E-state index in [2.05, 4.69) is 15.5 Å². The van der Waals surface area contributed by atoms with Crippen molar-refractivity contribution in [3.63, 3.8) is 0 Å². The summed E-state index contributed by atoms with van der Waals surface area (Å²) < 4.78 is 48.9. The van der Waals surface area contributed by atoms with E-state index < -0.39 is 17.6 Å². The molecule has 0 saturated heterocycles. The second-order valence-electron chi connectivity index (χ2n) is 5.65. The van der Waals surface area contributed by atoms with E-state index in [1.807, 2.05) is 13.0 Å². The first-order chi connectivity index (χ1) is 12.8. The van der Waals surface area contributed by atoms with E-state index >= 15 is 0 Å². The predicted molar refractivity (Wildman–Crippen MR) is 90.4 cm³/mol. The molecule has 3 rings (SSSR count). The smallest absolute Gasteiger partial charge is 0.416 e. The monoisotopic (exact) mass is 377 g/mol. The van der Waals surface area contributed by atoms with E-state index in [1.165, 1.54) is 13.2 Å². The van der Waals surface area contributed by atoms with E-state index in [9.17, 15) is 18.0 Å². The van der Waals surface area contributed by atoms with Crippen LogP contribution in [0.3, 0.4) is 0 Å². The van der Waals surface area contributed by atoms with Crippen molar-refractivity contribution < 1.29 is 27.1 Å². The van der Waals surface area contributed by atoms with Gasteiger partial charge in [-0.1, -0.05) is 17.2 Å². The number of aryl methyl sites for hydroxylation is 1. The van der Waals surface area contributed by atoms with Crippen LogP contribution in [0.25, 0.3) is 11.5 Å². The molecule has 9 heteroatoms. The summed E-state index contributed by atoms with van der Waals surface area (Å²) in [7, 11) is 1.49. The maximum atomic E-state index is 12.8. The van der Waals surface area contributed by atoms with Gasteiger partial charge in [0.25, 0.3) is 11.8 Å².